The van der Waals surface area contributed by atoms with Crippen LogP contribution in [0.15, 0.2) is 55.1 Å². The molecule has 0 aliphatic carbocycles. The van der Waals surface area contributed by atoms with Crippen molar-refractivity contribution >= 4 is 29.0 Å². The van der Waals surface area contributed by atoms with E-state index >= 15 is 0 Å². The van der Waals surface area contributed by atoms with Crippen LogP contribution in [-0.4, -0.2) is 19.5 Å². The number of hydrogen-bond donors (Lipinski definition) is 1. The zero-order valence-corrected chi connectivity index (χ0v) is 15.5. The summed E-state index contributed by atoms with van der Waals surface area (Å²) in [7, 11) is 0. The highest BCUT2D eigenvalue weighted by molar-refractivity contribution is 6.35. The molecule has 0 aromatic heterocycles. The molecule has 0 bridgehead atoms. The lowest BCUT2D eigenvalue weighted by molar-refractivity contribution is 0.626. The minimum atomic E-state index is -0.275. The van der Waals surface area contributed by atoms with E-state index in [-0.39, 0.29) is 5.82 Å². The SMILES string of the molecule is Fc1cccc(CNc2ncn(Cc3c(Cl)cccc3Cl)c3ncnc2-3)c1. The third kappa shape index (κ3) is 3.72. The third-order valence-electron chi connectivity index (χ3n) is 4.14. The fraction of sp³-hybridized carbons (Fsp3) is 0.105. The van der Waals surface area contributed by atoms with Crippen molar-refractivity contribution in [3.8, 4) is 11.5 Å². The first kappa shape index (κ1) is 17.7. The first-order chi connectivity index (χ1) is 13.1. The predicted octanol–water partition coefficient (Wildman–Crippen LogP) is 4.88. The number of nitrogens with zero attached hydrogens (tertiary/aromatic N) is 4. The van der Waals surface area contributed by atoms with Gasteiger partial charge in [-0.25, -0.2) is 19.3 Å². The number of rotatable bonds is 5. The standard InChI is InChI=1S/C19H14Cl2FN5/c20-15-5-2-6-16(21)14(15)9-27-11-26-18(17-19(27)25-10-24-17)23-8-12-3-1-4-13(22)7-12/h1-7,10-11,23H,8-9H2. The fourth-order valence-corrected chi connectivity index (χ4v) is 3.33. The van der Waals surface area contributed by atoms with Crippen molar-refractivity contribution in [1.82, 2.24) is 19.5 Å². The van der Waals surface area contributed by atoms with Gasteiger partial charge in [0.05, 0.1) is 12.9 Å². The maximum atomic E-state index is 13.3. The largest absolute Gasteiger partial charge is 0.364 e. The Bertz CT molecular complexity index is 1050. The molecule has 0 amide bonds. The molecule has 8 heteroatoms. The summed E-state index contributed by atoms with van der Waals surface area (Å²) in [4.78, 5) is 13.1. The van der Waals surface area contributed by atoms with Crippen LogP contribution in [0.4, 0.5) is 10.2 Å². The van der Waals surface area contributed by atoms with E-state index in [0.717, 1.165) is 11.1 Å². The Hall–Kier alpha value is -2.70. The average Bonchev–Trinajstić information content (AvgIpc) is 3.14. The Balaban J connectivity index is 1.60. The van der Waals surface area contributed by atoms with E-state index < -0.39 is 0 Å². The molecule has 2 heterocycles. The first-order valence-electron chi connectivity index (χ1n) is 8.19. The van der Waals surface area contributed by atoms with E-state index in [1.807, 2.05) is 10.6 Å². The quantitative estimate of drug-likeness (QED) is 0.517. The molecule has 0 fully saturated rings. The van der Waals surface area contributed by atoms with E-state index in [9.17, 15) is 4.39 Å². The van der Waals surface area contributed by atoms with Crippen molar-refractivity contribution in [3.63, 3.8) is 0 Å². The van der Waals surface area contributed by atoms with Crippen LogP contribution in [0.2, 0.25) is 10.0 Å². The second-order valence-electron chi connectivity index (χ2n) is 5.95. The topological polar surface area (TPSA) is 55.6 Å². The molecule has 136 valence electrons. The highest BCUT2D eigenvalue weighted by Gasteiger charge is 2.18. The normalized spacial score (nSPS) is 11.1. The van der Waals surface area contributed by atoms with Crippen molar-refractivity contribution in [2.24, 2.45) is 0 Å². The zero-order valence-electron chi connectivity index (χ0n) is 14.0. The van der Waals surface area contributed by atoms with Crippen molar-refractivity contribution in [2.75, 3.05) is 5.32 Å². The minimum absolute atomic E-state index is 0.275. The van der Waals surface area contributed by atoms with Gasteiger partial charge in [-0.15, -0.1) is 0 Å². The molecule has 0 unspecified atom stereocenters. The van der Waals surface area contributed by atoms with Gasteiger partial charge < -0.3 is 9.88 Å². The van der Waals surface area contributed by atoms with Crippen LogP contribution in [0, 0.1) is 5.82 Å². The Morgan fingerprint density at radius 2 is 1.78 bits per heavy atom. The number of benzene rings is 2. The minimum Gasteiger partial charge on any atom is -0.364 e. The summed E-state index contributed by atoms with van der Waals surface area (Å²) in [6.45, 7) is 0.845. The highest BCUT2D eigenvalue weighted by Crippen LogP contribution is 2.29. The van der Waals surface area contributed by atoms with E-state index in [1.165, 1.54) is 18.5 Å². The monoisotopic (exact) mass is 401 g/mol. The van der Waals surface area contributed by atoms with Gasteiger partial charge in [0, 0.05) is 22.2 Å². The second-order valence-corrected chi connectivity index (χ2v) is 6.77. The summed E-state index contributed by atoms with van der Waals surface area (Å²) < 4.78 is 15.2. The van der Waals surface area contributed by atoms with E-state index in [4.69, 9.17) is 23.2 Å². The molecule has 4 rings (SSSR count). The summed E-state index contributed by atoms with van der Waals surface area (Å²) in [5, 5.41) is 4.34. The van der Waals surface area contributed by atoms with Gasteiger partial charge >= 0.3 is 0 Å². The van der Waals surface area contributed by atoms with E-state index in [0.29, 0.717) is 40.5 Å². The number of imidazole rings is 1. The van der Waals surface area contributed by atoms with Crippen molar-refractivity contribution in [2.45, 2.75) is 13.1 Å². The van der Waals surface area contributed by atoms with Crippen LogP contribution in [0.3, 0.4) is 0 Å². The summed E-state index contributed by atoms with van der Waals surface area (Å²) in [5.41, 5.74) is 2.22. The van der Waals surface area contributed by atoms with E-state index in [2.05, 4.69) is 20.3 Å². The number of nitrogens with one attached hydrogen (secondary N) is 1. The summed E-state index contributed by atoms with van der Waals surface area (Å²) >= 11 is 12.5. The van der Waals surface area contributed by atoms with Gasteiger partial charge in [0.25, 0.3) is 0 Å². The van der Waals surface area contributed by atoms with Crippen LogP contribution < -0.4 is 5.32 Å². The number of halogens is 3. The second kappa shape index (κ2) is 7.50. The highest BCUT2D eigenvalue weighted by atomic mass is 35.5. The van der Waals surface area contributed by atoms with Crippen LogP contribution in [0.1, 0.15) is 11.1 Å². The molecule has 27 heavy (non-hydrogen) atoms. The van der Waals surface area contributed by atoms with Gasteiger partial charge in [-0.1, -0.05) is 41.4 Å². The molecule has 2 aromatic rings. The van der Waals surface area contributed by atoms with Crippen molar-refractivity contribution < 1.29 is 4.39 Å². The Kier molecular flexibility index (Phi) is 4.92. The van der Waals surface area contributed by atoms with Crippen LogP contribution >= 0.6 is 23.2 Å². The molecule has 0 radical (unpaired) electrons. The lowest BCUT2D eigenvalue weighted by Crippen LogP contribution is -2.11. The van der Waals surface area contributed by atoms with Crippen molar-refractivity contribution in [3.05, 3.63) is 82.1 Å². The molecular formula is C19H14Cl2FN5. The third-order valence-corrected chi connectivity index (χ3v) is 4.85. The maximum Gasteiger partial charge on any atom is 0.165 e. The fourth-order valence-electron chi connectivity index (χ4n) is 2.81. The lowest BCUT2D eigenvalue weighted by Gasteiger charge is -2.15. The molecule has 0 saturated carbocycles. The Labute approximate surface area is 165 Å². The lowest BCUT2D eigenvalue weighted by atomic mass is 10.2. The summed E-state index contributed by atoms with van der Waals surface area (Å²) in [6.07, 6.45) is 3.13. The van der Waals surface area contributed by atoms with Crippen LogP contribution in [0.25, 0.3) is 11.5 Å². The Morgan fingerprint density at radius 3 is 2.56 bits per heavy atom. The van der Waals surface area contributed by atoms with Gasteiger partial charge in [-0.05, 0) is 29.8 Å². The van der Waals surface area contributed by atoms with Crippen LogP contribution in [0.5, 0.6) is 0 Å². The van der Waals surface area contributed by atoms with Gasteiger partial charge in [0.2, 0.25) is 0 Å². The van der Waals surface area contributed by atoms with Gasteiger partial charge in [0.15, 0.2) is 17.3 Å². The number of hydrogen-bond acceptors (Lipinski definition) is 4. The molecule has 0 spiro atoms. The van der Waals surface area contributed by atoms with E-state index in [1.54, 1.807) is 30.6 Å². The molecule has 1 N–H and O–H groups in total. The zero-order chi connectivity index (χ0) is 18.8. The van der Waals surface area contributed by atoms with Gasteiger partial charge in [0.1, 0.15) is 12.1 Å². The molecule has 2 aliphatic heterocycles. The maximum absolute atomic E-state index is 13.3. The predicted molar refractivity (Wildman–Crippen MR) is 104 cm³/mol. The summed E-state index contributed by atoms with van der Waals surface area (Å²) in [5.74, 6) is 0.957. The van der Waals surface area contributed by atoms with Crippen LogP contribution in [-0.2, 0) is 13.1 Å². The van der Waals surface area contributed by atoms with Crippen molar-refractivity contribution in [1.29, 1.82) is 0 Å². The van der Waals surface area contributed by atoms with Gasteiger partial charge in [-0.3, -0.25) is 0 Å². The first-order valence-corrected chi connectivity index (χ1v) is 8.94. The average molecular weight is 402 g/mol. The Morgan fingerprint density at radius 1 is 1.00 bits per heavy atom. The molecule has 2 aromatic carbocycles. The van der Waals surface area contributed by atoms with Gasteiger partial charge in [-0.2, -0.15) is 0 Å². The number of fused-ring (bicyclic) bond motifs is 1. The smallest absolute Gasteiger partial charge is 0.165 e. The molecule has 0 saturated heterocycles. The number of aromatic nitrogens is 4. The molecule has 2 aliphatic rings. The molecular weight excluding hydrogens is 388 g/mol. The molecule has 5 nitrogen and oxygen atoms in total. The summed E-state index contributed by atoms with van der Waals surface area (Å²) in [6, 6.07) is 11.8. The number of anilines is 1. The molecule has 0 atom stereocenters.